The summed E-state index contributed by atoms with van der Waals surface area (Å²) in [7, 11) is 0. The lowest BCUT2D eigenvalue weighted by Gasteiger charge is -2.43. The van der Waals surface area contributed by atoms with Gasteiger partial charge in [-0.3, -0.25) is 4.79 Å². The Morgan fingerprint density at radius 2 is 1.00 bits per heavy atom. The second kappa shape index (κ2) is 39.4. The van der Waals surface area contributed by atoms with Gasteiger partial charge in [0.15, 0.2) is 12.6 Å². The fourth-order valence-corrected chi connectivity index (χ4v) is 8.46. The van der Waals surface area contributed by atoms with Gasteiger partial charge in [-0.05, 0) is 38.5 Å². The molecule has 0 spiro atoms. The number of allylic oxidation sites excluding steroid dienone is 2. The maximum Gasteiger partial charge on any atom is 0.308 e. The van der Waals surface area contributed by atoms with E-state index in [1.165, 1.54) is 109 Å². The number of esters is 1. The van der Waals surface area contributed by atoms with Gasteiger partial charge < -0.3 is 69.3 Å². The summed E-state index contributed by atoms with van der Waals surface area (Å²) in [6.07, 6.45) is 19.4. The lowest BCUT2D eigenvalue weighted by molar-refractivity contribution is -0.336. The number of ether oxygens (including phenoxy) is 6. The molecule has 8 N–H and O–H groups in total. The molecule has 390 valence electrons. The van der Waals surface area contributed by atoms with E-state index in [4.69, 9.17) is 28.4 Å². The highest BCUT2D eigenvalue weighted by Crippen LogP contribution is 2.28. The van der Waals surface area contributed by atoms with Gasteiger partial charge in [0.25, 0.3) is 0 Å². The lowest BCUT2D eigenvalue weighted by atomic mass is 9.96. The number of hydrogen-bond donors (Lipinski definition) is 8. The van der Waals surface area contributed by atoms with E-state index in [-0.39, 0.29) is 13.2 Å². The molecule has 12 atom stereocenters. The van der Waals surface area contributed by atoms with Crippen molar-refractivity contribution in [1.82, 2.24) is 0 Å². The highest BCUT2D eigenvalue weighted by atomic mass is 16.7. The van der Waals surface area contributed by atoms with Gasteiger partial charge in [0.2, 0.25) is 0 Å². The number of rotatable bonds is 42. The third kappa shape index (κ3) is 27.2. The molecule has 12 unspecified atom stereocenters. The van der Waals surface area contributed by atoms with E-state index in [0.29, 0.717) is 13.0 Å². The van der Waals surface area contributed by atoms with Gasteiger partial charge in [0, 0.05) is 6.61 Å². The van der Waals surface area contributed by atoms with E-state index < -0.39 is 99.2 Å². The maximum absolute atomic E-state index is 12.7. The summed E-state index contributed by atoms with van der Waals surface area (Å²) >= 11 is 0. The Hall–Kier alpha value is -1.31. The molecule has 0 saturated carbocycles. The maximum atomic E-state index is 12.7. The summed E-state index contributed by atoms with van der Waals surface area (Å²) in [6, 6.07) is 0. The van der Waals surface area contributed by atoms with Crippen molar-refractivity contribution in [2.45, 2.75) is 274 Å². The topological polar surface area (TPSA) is 234 Å². The molecule has 2 aliphatic rings. The molecule has 0 aromatic heterocycles. The minimum Gasteiger partial charge on any atom is -0.463 e. The normalized spacial score (nSPS) is 26.8. The molecule has 15 heteroatoms. The Morgan fingerprint density at radius 3 is 1.53 bits per heavy atom. The van der Waals surface area contributed by atoms with Crippen molar-refractivity contribution in [3.63, 3.8) is 0 Å². The van der Waals surface area contributed by atoms with Crippen molar-refractivity contribution in [3.8, 4) is 0 Å². The second-order valence-electron chi connectivity index (χ2n) is 18.9. The van der Waals surface area contributed by atoms with E-state index in [2.05, 4.69) is 26.0 Å². The smallest absolute Gasteiger partial charge is 0.308 e. The molecule has 0 bridgehead atoms. The van der Waals surface area contributed by atoms with E-state index >= 15 is 0 Å². The summed E-state index contributed by atoms with van der Waals surface area (Å²) in [5.74, 6) is -0.796. The van der Waals surface area contributed by atoms with Crippen LogP contribution in [0.25, 0.3) is 0 Å². The third-order valence-electron chi connectivity index (χ3n) is 12.8. The highest BCUT2D eigenvalue weighted by molar-refractivity contribution is 5.70. The number of carbonyl (C=O) groups excluding carboxylic acids is 1. The Morgan fingerprint density at radius 1 is 0.545 bits per heavy atom. The van der Waals surface area contributed by atoms with Gasteiger partial charge in [-0.25, -0.2) is 0 Å². The monoisotopic (exact) mass is 949 g/mol. The van der Waals surface area contributed by atoms with E-state index in [1.54, 1.807) is 0 Å². The summed E-state index contributed by atoms with van der Waals surface area (Å²) in [5.41, 5.74) is 0. The van der Waals surface area contributed by atoms with Crippen molar-refractivity contribution in [2.75, 3.05) is 33.0 Å². The van der Waals surface area contributed by atoms with Crippen LogP contribution in [0.5, 0.6) is 0 Å². The first-order chi connectivity index (χ1) is 32.0. The molecule has 2 fully saturated rings. The first-order valence-corrected chi connectivity index (χ1v) is 26.4. The molecule has 2 rings (SSSR count). The van der Waals surface area contributed by atoms with Gasteiger partial charge in [-0.1, -0.05) is 167 Å². The van der Waals surface area contributed by atoms with Gasteiger partial charge in [0.1, 0.15) is 55.4 Å². The van der Waals surface area contributed by atoms with Crippen LogP contribution in [0.2, 0.25) is 0 Å². The second-order valence-corrected chi connectivity index (χ2v) is 18.9. The van der Waals surface area contributed by atoms with E-state index in [9.17, 15) is 45.6 Å². The molecular weight excluding hydrogens is 853 g/mol. The molecule has 0 radical (unpaired) electrons. The van der Waals surface area contributed by atoms with Gasteiger partial charge in [-0.2, -0.15) is 0 Å². The first kappa shape index (κ1) is 60.8. The van der Waals surface area contributed by atoms with Crippen molar-refractivity contribution in [3.05, 3.63) is 12.2 Å². The number of aliphatic hydroxyl groups is 8. The van der Waals surface area contributed by atoms with E-state index in [0.717, 1.165) is 64.2 Å². The standard InChI is InChI=1S/C51H96O15/c1-3-5-7-9-11-13-15-17-19-20-22-24-26-28-30-32-39(53)36-62-43(54)34-41-44(55)46(57)48(59)50(65-41)63-38-42-45(56)47(58)49(60)51(66-42)64-40(35-52)37-61-33-31-29-27-25-23-21-18-16-14-12-10-8-6-4-2/h17,19,39-42,44-53,55-60H,3-16,18,20-38H2,1-2H3. The van der Waals surface area contributed by atoms with E-state index in [1.807, 2.05) is 0 Å². The summed E-state index contributed by atoms with van der Waals surface area (Å²) < 4.78 is 33.7. The number of aliphatic hydroxyl groups excluding tert-OH is 8. The molecule has 2 saturated heterocycles. The highest BCUT2D eigenvalue weighted by Gasteiger charge is 2.48. The molecule has 0 aliphatic carbocycles. The zero-order chi connectivity index (χ0) is 48.2. The van der Waals surface area contributed by atoms with Crippen LogP contribution in [-0.2, 0) is 33.2 Å². The van der Waals surface area contributed by atoms with Crippen LogP contribution in [0.4, 0.5) is 0 Å². The molecule has 2 aliphatic heterocycles. The van der Waals surface area contributed by atoms with Crippen LogP contribution < -0.4 is 0 Å². The lowest BCUT2D eigenvalue weighted by Crippen LogP contribution is -2.62. The Balaban J connectivity index is 1.64. The Bertz CT molecular complexity index is 1160. The summed E-state index contributed by atoms with van der Waals surface area (Å²) in [6.45, 7) is 3.71. The number of carbonyl (C=O) groups is 1. The third-order valence-corrected chi connectivity index (χ3v) is 12.8. The predicted molar refractivity (Wildman–Crippen MR) is 253 cm³/mol. The van der Waals surface area contributed by atoms with Gasteiger partial charge >= 0.3 is 5.97 Å². The predicted octanol–water partition coefficient (Wildman–Crippen LogP) is 6.83. The van der Waals surface area contributed by atoms with Crippen LogP contribution in [0, 0.1) is 0 Å². The van der Waals surface area contributed by atoms with Crippen LogP contribution in [-0.4, -0.2) is 153 Å². The molecule has 0 aromatic carbocycles. The van der Waals surface area contributed by atoms with Crippen molar-refractivity contribution < 1.29 is 74.1 Å². The van der Waals surface area contributed by atoms with Crippen LogP contribution in [0.1, 0.15) is 200 Å². The van der Waals surface area contributed by atoms with Gasteiger partial charge in [0.05, 0.1) is 38.4 Å². The molecular formula is C51H96O15. The Labute approximate surface area is 397 Å². The fourth-order valence-electron chi connectivity index (χ4n) is 8.46. The van der Waals surface area contributed by atoms with Crippen LogP contribution in [0.15, 0.2) is 12.2 Å². The largest absolute Gasteiger partial charge is 0.463 e. The minimum atomic E-state index is -1.77. The summed E-state index contributed by atoms with van der Waals surface area (Å²) in [4.78, 5) is 12.7. The fraction of sp³-hybridized carbons (Fsp3) is 0.941. The van der Waals surface area contributed by atoms with Crippen LogP contribution in [0.3, 0.4) is 0 Å². The average Bonchev–Trinajstić information content (AvgIpc) is 3.31. The zero-order valence-electron chi connectivity index (χ0n) is 41.1. The van der Waals surface area contributed by atoms with Crippen molar-refractivity contribution in [2.24, 2.45) is 0 Å². The van der Waals surface area contributed by atoms with Crippen molar-refractivity contribution >= 4 is 5.97 Å². The SMILES string of the molecule is CCCCCCCCC=CCCCCCCCC(O)COC(=O)CC1OC(OCC2OC(OC(CO)COCCCCCCCCCCCCCCCC)C(O)C(O)C2O)C(O)C(O)C1O. The number of unbranched alkanes of at least 4 members (excludes halogenated alkanes) is 24. The minimum absolute atomic E-state index is 0.00427. The molecule has 0 aromatic rings. The molecule has 66 heavy (non-hydrogen) atoms. The number of hydrogen-bond acceptors (Lipinski definition) is 15. The van der Waals surface area contributed by atoms with Crippen molar-refractivity contribution in [1.29, 1.82) is 0 Å². The molecule has 15 nitrogen and oxygen atoms in total. The van der Waals surface area contributed by atoms with Gasteiger partial charge in [-0.15, -0.1) is 0 Å². The summed E-state index contributed by atoms with van der Waals surface area (Å²) in [5, 5.41) is 84.0. The molecule has 2 heterocycles. The average molecular weight is 949 g/mol. The first-order valence-electron chi connectivity index (χ1n) is 26.4. The Kier molecular flexibility index (Phi) is 36.3. The van der Waals surface area contributed by atoms with Crippen LogP contribution >= 0.6 is 0 Å². The zero-order valence-corrected chi connectivity index (χ0v) is 41.1. The molecule has 0 amide bonds. The quantitative estimate of drug-likeness (QED) is 0.0178.